The van der Waals surface area contributed by atoms with Crippen molar-refractivity contribution in [2.75, 3.05) is 14.2 Å². The van der Waals surface area contributed by atoms with Gasteiger partial charge in [0.2, 0.25) is 0 Å². The summed E-state index contributed by atoms with van der Waals surface area (Å²) in [5.74, 6) is 6.20. The predicted octanol–water partition coefficient (Wildman–Crippen LogP) is 1.65. The molecule has 76 valence electrons. The normalized spacial score (nSPS) is 10.5. The Balaban J connectivity index is 3.23. The van der Waals surface area contributed by atoms with Crippen molar-refractivity contribution in [3.05, 3.63) is 22.7 Å². The van der Waals surface area contributed by atoms with Crippen LogP contribution in [0.3, 0.4) is 0 Å². The molecule has 0 unspecified atom stereocenters. The molecule has 0 saturated carbocycles. The van der Waals surface area contributed by atoms with E-state index >= 15 is 0 Å². The second kappa shape index (κ2) is 4.72. The van der Waals surface area contributed by atoms with Gasteiger partial charge >= 0.3 is 0 Å². The maximum Gasteiger partial charge on any atom is 0.162 e. The van der Waals surface area contributed by atoms with Crippen molar-refractivity contribution in [1.29, 1.82) is 0 Å². The van der Waals surface area contributed by atoms with E-state index in [1.165, 1.54) is 6.21 Å². The molecule has 0 atom stereocenters. The Labute approximate surface area is 87.3 Å². The maximum absolute atomic E-state index is 5.93. The number of rotatable bonds is 3. The van der Waals surface area contributed by atoms with Crippen molar-refractivity contribution < 1.29 is 9.47 Å². The fourth-order valence-corrected chi connectivity index (χ4v) is 1.25. The van der Waals surface area contributed by atoms with Crippen LogP contribution in [0.5, 0.6) is 11.5 Å². The van der Waals surface area contributed by atoms with Crippen LogP contribution in [-0.2, 0) is 0 Å². The van der Waals surface area contributed by atoms with Crippen LogP contribution in [0.1, 0.15) is 5.56 Å². The Bertz CT molecular complexity index is 353. The first kappa shape index (κ1) is 10.7. The van der Waals surface area contributed by atoms with Crippen molar-refractivity contribution in [2.24, 2.45) is 10.9 Å². The van der Waals surface area contributed by atoms with Gasteiger partial charge in [-0.3, -0.25) is 0 Å². The summed E-state index contributed by atoms with van der Waals surface area (Å²) in [6, 6.07) is 3.36. The van der Waals surface area contributed by atoms with Gasteiger partial charge in [0.15, 0.2) is 11.5 Å². The SMILES string of the molecule is COc1cc(Cl)c(C=NN)cc1OC. The second-order valence-corrected chi connectivity index (χ2v) is 2.91. The van der Waals surface area contributed by atoms with E-state index in [4.69, 9.17) is 26.9 Å². The van der Waals surface area contributed by atoms with E-state index in [1.54, 1.807) is 26.4 Å². The average molecular weight is 215 g/mol. The lowest BCUT2D eigenvalue weighted by atomic mass is 10.2. The Morgan fingerprint density at radius 2 is 1.86 bits per heavy atom. The van der Waals surface area contributed by atoms with Gasteiger partial charge in [-0.2, -0.15) is 5.10 Å². The number of hydrogen-bond acceptors (Lipinski definition) is 4. The minimum Gasteiger partial charge on any atom is -0.493 e. The van der Waals surface area contributed by atoms with Crippen LogP contribution in [0.4, 0.5) is 0 Å². The third-order valence-electron chi connectivity index (χ3n) is 1.72. The van der Waals surface area contributed by atoms with Crippen molar-refractivity contribution in [3.63, 3.8) is 0 Å². The third-order valence-corrected chi connectivity index (χ3v) is 2.04. The zero-order valence-electron chi connectivity index (χ0n) is 7.95. The zero-order valence-corrected chi connectivity index (χ0v) is 8.71. The zero-order chi connectivity index (χ0) is 10.6. The first-order valence-electron chi connectivity index (χ1n) is 3.87. The second-order valence-electron chi connectivity index (χ2n) is 2.51. The highest BCUT2D eigenvalue weighted by Gasteiger charge is 2.07. The molecule has 0 aliphatic carbocycles. The smallest absolute Gasteiger partial charge is 0.162 e. The van der Waals surface area contributed by atoms with Gasteiger partial charge in [0.05, 0.1) is 25.5 Å². The van der Waals surface area contributed by atoms with Gasteiger partial charge in [0.25, 0.3) is 0 Å². The van der Waals surface area contributed by atoms with Gasteiger partial charge in [0.1, 0.15) is 0 Å². The number of hydrogen-bond donors (Lipinski definition) is 1. The van der Waals surface area contributed by atoms with E-state index in [2.05, 4.69) is 5.10 Å². The number of methoxy groups -OCH3 is 2. The molecule has 2 N–H and O–H groups in total. The molecule has 0 aliphatic heterocycles. The molecule has 0 saturated heterocycles. The molecule has 14 heavy (non-hydrogen) atoms. The number of halogens is 1. The summed E-state index contributed by atoms with van der Waals surface area (Å²) in [5.41, 5.74) is 0.687. The van der Waals surface area contributed by atoms with E-state index in [1.807, 2.05) is 0 Å². The largest absolute Gasteiger partial charge is 0.493 e. The van der Waals surface area contributed by atoms with Crippen LogP contribution in [0, 0.1) is 0 Å². The summed E-state index contributed by atoms with van der Waals surface area (Å²) in [4.78, 5) is 0. The minimum absolute atomic E-state index is 0.511. The Kier molecular flexibility index (Phi) is 3.59. The third kappa shape index (κ3) is 2.09. The monoisotopic (exact) mass is 214 g/mol. The van der Waals surface area contributed by atoms with Crippen LogP contribution >= 0.6 is 11.6 Å². The van der Waals surface area contributed by atoms with Crippen LogP contribution in [0.2, 0.25) is 5.02 Å². The number of benzene rings is 1. The first-order chi connectivity index (χ1) is 6.72. The molecule has 1 aromatic carbocycles. The van der Waals surface area contributed by atoms with Gasteiger partial charge in [0, 0.05) is 11.6 Å². The highest BCUT2D eigenvalue weighted by Crippen LogP contribution is 2.32. The van der Waals surface area contributed by atoms with Crippen molar-refractivity contribution in [3.8, 4) is 11.5 Å². The number of nitrogens with two attached hydrogens (primary N) is 1. The molecule has 4 nitrogen and oxygen atoms in total. The van der Waals surface area contributed by atoms with Crippen molar-refractivity contribution >= 4 is 17.8 Å². The van der Waals surface area contributed by atoms with Crippen LogP contribution < -0.4 is 15.3 Å². The number of hydrazone groups is 1. The predicted molar refractivity (Wildman–Crippen MR) is 56.3 cm³/mol. The van der Waals surface area contributed by atoms with Gasteiger partial charge in [-0.1, -0.05) is 11.6 Å². The van der Waals surface area contributed by atoms with E-state index in [0.717, 1.165) is 0 Å². The first-order valence-corrected chi connectivity index (χ1v) is 4.25. The van der Waals surface area contributed by atoms with E-state index in [0.29, 0.717) is 22.1 Å². The lowest BCUT2D eigenvalue weighted by molar-refractivity contribution is 0.355. The molecule has 1 rings (SSSR count). The Hall–Kier alpha value is -1.42. The highest BCUT2D eigenvalue weighted by molar-refractivity contribution is 6.33. The van der Waals surface area contributed by atoms with Crippen LogP contribution in [0.15, 0.2) is 17.2 Å². The fourth-order valence-electron chi connectivity index (χ4n) is 1.05. The topological polar surface area (TPSA) is 56.8 Å². The molecular weight excluding hydrogens is 204 g/mol. The molecule has 5 heteroatoms. The van der Waals surface area contributed by atoms with Gasteiger partial charge in [-0.25, -0.2) is 0 Å². The quantitative estimate of drug-likeness (QED) is 0.473. The molecule has 0 radical (unpaired) electrons. The molecule has 0 amide bonds. The summed E-state index contributed by atoms with van der Waals surface area (Å²) in [7, 11) is 3.10. The van der Waals surface area contributed by atoms with E-state index in [9.17, 15) is 0 Å². The lowest BCUT2D eigenvalue weighted by Gasteiger charge is -2.08. The minimum atomic E-state index is 0.511. The molecular formula is C9H11ClN2O2. The fraction of sp³-hybridized carbons (Fsp3) is 0.222. The number of nitrogens with zero attached hydrogens (tertiary/aromatic N) is 1. The van der Waals surface area contributed by atoms with Gasteiger partial charge < -0.3 is 15.3 Å². The van der Waals surface area contributed by atoms with E-state index < -0.39 is 0 Å². The molecule has 0 heterocycles. The lowest BCUT2D eigenvalue weighted by Crippen LogP contribution is -1.94. The van der Waals surface area contributed by atoms with Crippen molar-refractivity contribution in [2.45, 2.75) is 0 Å². The van der Waals surface area contributed by atoms with Crippen LogP contribution in [-0.4, -0.2) is 20.4 Å². The summed E-state index contributed by atoms with van der Waals surface area (Å²) in [6.45, 7) is 0. The highest BCUT2D eigenvalue weighted by atomic mass is 35.5. The molecule has 0 fully saturated rings. The molecule has 0 aliphatic rings. The Morgan fingerprint density at radius 1 is 1.29 bits per heavy atom. The summed E-state index contributed by atoms with van der Waals surface area (Å²) in [6.07, 6.45) is 1.45. The van der Waals surface area contributed by atoms with E-state index in [-0.39, 0.29) is 0 Å². The molecule has 0 spiro atoms. The summed E-state index contributed by atoms with van der Waals surface area (Å²) in [5, 5.41) is 3.90. The Morgan fingerprint density at radius 3 is 2.36 bits per heavy atom. The summed E-state index contributed by atoms with van der Waals surface area (Å²) >= 11 is 5.93. The molecule has 0 aromatic heterocycles. The van der Waals surface area contributed by atoms with Gasteiger partial charge in [-0.15, -0.1) is 0 Å². The van der Waals surface area contributed by atoms with Gasteiger partial charge in [-0.05, 0) is 6.07 Å². The molecule has 1 aromatic rings. The number of ether oxygens (including phenoxy) is 2. The summed E-state index contributed by atoms with van der Waals surface area (Å²) < 4.78 is 10.2. The average Bonchev–Trinajstić information content (AvgIpc) is 2.20. The standard InChI is InChI=1S/C9H11ClN2O2/c1-13-8-3-6(5-12-11)7(10)4-9(8)14-2/h3-5H,11H2,1-2H3. The van der Waals surface area contributed by atoms with Crippen molar-refractivity contribution in [1.82, 2.24) is 0 Å². The molecule has 0 bridgehead atoms. The maximum atomic E-state index is 5.93. The van der Waals surface area contributed by atoms with Crippen LogP contribution in [0.25, 0.3) is 0 Å².